The average Bonchev–Trinajstić information content (AvgIpc) is 3.36. The van der Waals surface area contributed by atoms with Crippen LogP contribution >= 0.6 is 0 Å². The van der Waals surface area contributed by atoms with Crippen molar-refractivity contribution in [1.29, 1.82) is 0 Å². The second-order valence-electron chi connectivity index (χ2n) is 8.72. The van der Waals surface area contributed by atoms with Crippen LogP contribution in [-0.4, -0.2) is 34.2 Å². The van der Waals surface area contributed by atoms with E-state index in [1.807, 2.05) is 54.5 Å². The SMILES string of the molecule is CC.CC.CC(C)(C)c1cc(NC(=O)Nc2ccncn2)n(-c2ccc(S(=O)(=O)Nc3ccccc3)cc2)n1. The number of anilines is 3. The Morgan fingerprint density at radius 3 is 2.08 bits per heavy atom. The second kappa shape index (κ2) is 14.1. The molecule has 11 heteroatoms. The highest BCUT2D eigenvalue weighted by molar-refractivity contribution is 7.92. The summed E-state index contributed by atoms with van der Waals surface area (Å²) in [5, 5.41) is 10.1. The first-order valence-electron chi connectivity index (χ1n) is 12.7. The molecule has 208 valence electrons. The van der Waals surface area contributed by atoms with Crippen LogP contribution in [0.4, 0.5) is 22.1 Å². The number of carbonyl (C=O) groups excluding carboxylic acids is 1. The molecule has 2 heterocycles. The van der Waals surface area contributed by atoms with Crippen LogP contribution in [0, 0.1) is 0 Å². The zero-order chi connectivity index (χ0) is 29.1. The highest BCUT2D eigenvalue weighted by Gasteiger charge is 2.22. The van der Waals surface area contributed by atoms with Gasteiger partial charge in [-0.3, -0.25) is 15.4 Å². The van der Waals surface area contributed by atoms with E-state index in [1.54, 1.807) is 53.2 Å². The lowest BCUT2D eigenvalue weighted by atomic mass is 9.92. The van der Waals surface area contributed by atoms with E-state index in [0.29, 0.717) is 23.0 Å². The quantitative estimate of drug-likeness (QED) is 0.252. The zero-order valence-electron chi connectivity index (χ0n) is 23.4. The van der Waals surface area contributed by atoms with Gasteiger partial charge >= 0.3 is 6.03 Å². The Bertz CT molecular complexity index is 1420. The van der Waals surface area contributed by atoms with Gasteiger partial charge in [-0.1, -0.05) is 66.7 Å². The number of nitrogens with one attached hydrogen (secondary N) is 3. The van der Waals surface area contributed by atoms with Gasteiger partial charge in [-0.25, -0.2) is 27.9 Å². The van der Waals surface area contributed by atoms with Crippen molar-refractivity contribution in [1.82, 2.24) is 19.7 Å². The minimum atomic E-state index is -3.77. The maximum Gasteiger partial charge on any atom is 0.326 e. The monoisotopic (exact) mass is 551 g/mol. The van der Waals surface area contributed by atoms with Gasteiger partial charge in [0.2, 0.25) is 0 Å². The summed E-state index contributed by atoms with van der Waals surface area (Å²) in [6.07, 6.45) is 2.85. The molecule has 0 aliphatic rings. The third kappa shape index (κ3) is 8.64. The number of sulfonamides is 1. The van der Waals surface area contributed by atoms with E-state index < -0.39 is 16.1 Å². The Morgan fingerprint density at radius 1 is 0.872 bits per heavy atom. The fraction of sp³-hybridized carbons (Fsp3) is 0.286. The molecule has 0 unspecified atom stereocenters. The van der Waals surface area contributed by atoms with E-state index in [9.17, 15) is 13.2 Å². The molecule has 3 N–H and O–H groups in total. The Hall–Kier alpha value is -4.25. The number of carbonyl (C=O) groups is 1. The summed E-state index contributed by atoms with van der Waals surface area (Å²) in [7, 11) is -3.77. The highest BCUT2D eigenvalue weighted by atomic mass is 32.2. The van der Waals surface area contributed by atoms with Gasteiger partial charge in [0.05, 0.1) is 16.3 Å². The summed E-state index contributed by atoms with van der Waals surface area (Å²) in [6.45, 7) is 14.0. The standard InChI is InChI=1S/C24H25N7O3S.2C2H6/c1-24(2,3)20-15-22(28-23(32)27-21-13-14-25-16-26-21)31(29-20)18-9-11-19(12-10-18)35(33,34)30-17-7-5-4-6-8-17;2*1-2/h4-16,30H,1-3H3,(H2,25,26,27,28,32);2*1-2H3. The van der Waals surface area contributed by atoms with Crippen molar-refractivity contribution >= 4 is 33.4 Å². The van der Waals surface area contributed by atoms with Gasteiger partial charge < -0.3 is 0 Å². The van der Waals surface area contributed by atoms with Crippen LogP contribution in [0.15, 0.2) is 84.1 Å². The molecule has 0 atom stereocenters. The summed E-state index contributed by atoms with van der Waals surface area (Å²) in [6, 6.07) is 17.7. The Balaban J connectivity index is 0.00000127. The first kappa shape index (κ1) is 31.0. The van der Waals surface area contributed by atoms with Crippen molar-refractivity contribution in [3.05, 3.63) is 84.9 Å². The maximum absolute atomic E-state index is 12.8. The lowest BCUT2D eigenvalue weighted by Gasteiger charge is -2.14. The summed E-state index contributed by atoms with van der Waals surface area (Å²) in [4.78, 5) is 20.5. The Kier molecular flexibility index (Phi) is 11.2. The summed E-state index contributed by atoms with van der Waals surface area (Å²) in [5.74, 6) is 0.764. The normalized spacial score (nSPS) is 10.7. The molecule has 0 bridgehead atoms. The predicted octanol–water partition coefficient (Wildman–Crippen LogP) is 6.46. The van der Waals surface area contributed by atoms with Crippen LogP contribution in [0.5, 0.6) is 0 Å². The van der Waals surface area contributed by atoms with Gasteiger partial charge in [0.15, 0.2) is 0 Å². The minimum Gasteiger partial charge on any atom is -0.292 e. The number of nitrogens with zero attached hydrogens (tertiary/aromatic N) is 4. The fourth-order valence-electron chi connectivity index (χ4n) is 3.15. The van der Waals surface area contributed by atoms with Gasteiger partial charge in [-0.2, -0.15) is 5.10 Å². The number of hydrogen-bond acceptors (Lipinski definition) is 6. The predicted molar refractivity (Wildman–Crippen MR) is 157 cm³/mol. The Labute approximate surface area is 231 Å². The molecule has 0 radical (unpaired) electrons. The number of hydrogen-bond donors (Lipinski definition) is 3. The molecule has 4 rings (SSSR count). The lowest BCUT2D eigenvalue weighted by molar-refractivity contribution is 0.262. The lowest BCUT2D eigenvalue weighted by Crippen LogP contribution is -2.22. The van der Waals surface area contributed by atoms with Crippen LogP contribution in [0.1, 0.15) is 54.2 Å². The van der Waals surface area contributed by atoms with Crippen molar-refractivity contribution in [3.8, 4) is 5.69 Å². The number of para-hydroxylation sites is 1. The van der Waals surface area contributed by atoms with Crippen molar-refractivity contribution < 1.29 is 13.2 Å². The van der Waals surface area contributed by atoms with E-state index in [0.717, 1.165) is 5.69 Å². The molecule has 0 saturated carbocycles. The average molecular weight is 552 g/mol. The molecule has 4 aromatic rings. The Morgan fingerprint density at radius 2 is 1.51 bits per heavy atom. The van der Waals surface area contributed by atoms with Crippen molar-refractivity contribution in [2.45, 2.75) is 58.8 Å². The molecule has 0 aliphatic heterocycles. The number of rotatable bonds is 6. The summed E-state index contributed by atoms with van der Waals surface area (Å²) >= 11 is 0. The van der Waals surface area contributed by atoms with Gasteiger partial charge in [0.25, 0.3) is 10.0 Å². The molecule has 10 nitrogen and oxygen atoms in total. The molecule has 2 aromatic heterocycles. The largest absolute Gasteiger partial charge is 0.326 e. The fourth-order valence-corrected chi connectivity index (χ4v) is 4.21. The molecular formula is C28H37N7O3S. The maximum atomic E-state index is 12.8. The first-order chi connectivity index (χ1) is 18.6. The number of urea groups is 1. The van der Waals surface area contributed by atoms with Crippen molar-refractivity contribution in [2.24, 2.45) is 0 Å². The summed E-state index contributed by atoms with van der Waals surface area (Å²) < 4.78 is 29.6. The van der Waals surface area contributed by atoms with E-state index >= 15 is 0 Å². The van der Waals surface area contributed by atoms with Gasteiger partial charge in [0.1, 0.15) is 18.0 Å². The third-order valence-electron chi connectivity index (χ3n) is 4.96. The van der Waals surface area contributed by atoms with Crippen LogP contribution < -0.4 is 15.4 Å². The van der Waals surface area contributed by atoms with Crippen molar-refractivity contribution in [2.75, 3.05) is 15.4 Å². The third-order valence-corrected chi connectivity index (χ3v) is 6.36. The molecule has 0 fully saturated rings. The van der Waals surface area contributed by atoms with Crippen LogP contribution in [-0.2, 0) is 15.4 Å². The molecule has 0 saturated heterocycles. The zero-order valence-corrected chi connectivity index (χ0v) is 24.2. The number of benzene rings is 2. The van der Waals surface area contributed by atoms with E-state index in [4.69, 9.17) is 0 Å². The van der Waals surface area contributed by atoms with E-state index in [1.165, 1.54) is 24.7 Å². The molecule has 2 amide bonds. The molecule has 0 spiro atoms. The van der Waals surface area contributed by atoms with E-state index in [2.05, 4.69) is 30.4 Å². The van der Waals surface area contributed by atoms with Crippen molar-refractivity contribution in [3.63, 3.8) is 0 Å². The van der Waals surface area contributed by atoms with Gasteiger partial charge in [0, 0.05) is 23.4 Å². The minimum absolute atomic E-state index is 0.101. The van der Waals surface area contributed by atoms with Crippen LogP contribution in [0.3, 0.4) is 0 Å². The smallest absolute Gasteiger partial charge is 0.292 e. The number of aromatic nitrogens is 4. The summed E-state index contributed by atoms with van der Waals surface area (Å²) in [5.41, 5.74) is 1.52. The van der Waals surface area contributed by atoms with Gasteiger partial charge in [-0.05, 0) is 42.5 Å². The molecular weight excluding hydrogens is 514 g/mol. The highest BCUT2D eigenvalue weighted by Crippen LogP contribution is 2.27. The molecule has 0 aliphatic carbocycles. The number of amides is 2. The first-order valence-corrected chi connectivity index (χ1v) is 14.2. The second-order valence-corrected chi connectivity index (χ2v) is 10.4. The van der Waals surface area contributed by atoms with Crippen LogP contribution in [0.2, 0.25) is 0 Å². The molecule has 2 aromatic carbocycles. The van der Waals surface area contributed by atoms with Gasteiger partial charge in [-0.15, -0.1) is 0 Å². The van der Waals surface area contributed by atoms with E-state index in [-0.39, 0.29) is 10.3 Å². The topological polar surface area (TPSA) is 131 Å². The van der Waals surface area contributed by atoms with Crippen LogP contribution in [0.25, 0.3) is 5.69 Å². The molecule has 39 heavy (non-hydrogen) atoms.